The Bertz CT molecular complexity index is 299. The molecule has 0 aliphatic carbocycles. The molecule has 0 aliphatic heterocycles. The lowest BCUT2D eigenvalue weighted by Gasteiger charge is -2.05. The van der Waals surface area contributed by atoms with E-state index in [-0.39, 0.29) is 0 Å². The molecule has 0 radical (unpaired) electrons. The molecule has 4 nitrogen and oxygen atoms in total. The second-order valence-electron chi connectivity index (χ2n) is 4.80. The molecular weight excluding hydrogens is 226 g/mol. The molecule has 1 aromatic rings. The molecule has 1 heterocycles. The van der Waals surface area contributed by atoms with Crippen LogP contribution in [0, 0.1) is 0 Å². The van der Waals surface area contributed by atoms with E-state index in [1.54, 1.807) is 13.4 Å². The second-order valence-corrected chi connectivity index (χ2v) is 4.80. The number of ether oxygens (including phenoxy) is 1. The highest BCUT2D eigenvalue weighted by atomic mass is 16.5. The summed E-state index contributed by atoms with van der Waals surface area (Å²) in [7, 11) is 1.72. The summed E-state index contributed by atoms with van der Waals surface area (Å²) in [6, 6.07) is 0. The van der Waals surface area contributed by atoms with Crippen molar-refractivity contribution in [3.05, 3.63) is 12.2 Å². The van der Waals surface area contributed by atoms with E-state index in [2.05, 4.69) is 21.7 Å². The molecule has 0 fully saturated rings. The fourth-order valence-corrected chi connectivity index (χ4v) is 2.09. The first-order valence-electron chi connectivity index (χ1n) is 7.24. The van der Waals surface area contributed by atoms with Gasteiger partial charge in [0.05, 0.1) is 6.61 Å². The number of unbranched alkanes of at least 4 members (excludes halogenated alkanes) is 6. The number of nitrogens with zero attached hydrogens (tertiary/aromatic N) is 3. The largest absolute Gasteiger partial charge is 0.383 e. The zero-order chi connectivity index (χ0) is 13.1. The Kier molecular flexibility index (Phi) is 8.47. The Morgan fingerprint density at radius 2 is 1.83 bits per heavy atom. The molecule has 1 aromatic heterocycles. The van der Waals surface area contributed by atoms with Crippen LogP contribution >= 0.6 is 0 Å². The number of aryl methyl sites for hydroxylation is 1. The van der Waals surface area contributed by atoms with E-state index >= 15 is 0 Å². The first-order chi connectivity index (χ1) is 8.88. The molecule has 4 heteroatoms. The molecule has 0 bridgehead atoms. The average molecular weight is 253 g/mol. The molecule has 0 saturated carbocycles. The maximum Gasteiger partial charge on any atom is 0.132 e. The van der Waals surface area contributed by atoms with Gasteiger partial charge in [-0.2, -0.15) is 0 Å². The number of aromatic nitrogens is 3. The van der Waals surface area contributed by atoms with Gasteiger partial charge in [-0.1, -0.05) is 45.4 Å². The summed E-state index contributed by atoms with van der Waals surface area (Å²) in [6.45, 7) is 3.84. The molecule has 104 valence electrons. The molecule has 0 spiro atoms. The van der Waals surface area contributed by atoms with Crippen molar-refractivity contribution >= 4 is 0 Å². The van der Waals surface area contributed by atoms with Gasteiger partial charge in [-0.05, 0) is 6.42 Å². The number of rotatable bonds is 11. The molecule has 0 atom stereocenters. The first kappa shape index (κ1) is 15.2. The highest BCUT2D eigenvalue weighted by molar-refractivity contribution is 4.85. The average Bonchev–Trinajstić information content (AvgIpc) is 2.83. The zero-order valence-corrected chi connectivity index (χ0v) is 11.9. The molecule has 0 amide bonds. The SMILES string of the molecule is CCCCCCCCCc1nncn1CCOC. The van der Waals surface area contributed by atoms with Crippen molar-refractivity contribution in [1.82, 2.24) is 14.8 Å². The number of hydrogen-bond donors (Lipinski definition) is 0. The molecular formula is C14H27N3O. The van der Waals surface area contributed by atoms with Crippen LogP contribution in [-0.4, -0.2) is 28.5 Å². The second kappa shape index (κ2) is 10.1. The van der Waals surface area contributed by atoms with Gasteiger partial charge in [0.1, 0.15) is 12.2 Å². The molecule has 18 heavy (non-hydrogen) atoms. The van der Waals surface area contributed by atoms with Crippen LogP contribution in [0.15, 0.2) is 6.33 Å². The standard InChI is InChI=1S/C14H27N3O/c1-3-4-5-6-7-8-9-10-14-16-15-13-17(14)11-12-18-2/h13H,3-12H2,1-2H3. The first-order valence-corrected chi connectivity index (χ1v) is 7.24. The summed E-state index contributed by atoms with van der Waals surface area (Å²) in [4.78, 5) is 0. The third kappa shape index (κ3) is 6.15. The number of methoxy groups -OCH3 is 1. The molecule has 1 rings (SSSR count). The molecule has 0 saturated heterocycles. The lowest BCUT2D eigenvalue weighted by Crippen LogP contribution is -2.07. The fraction of sp³-hybridized carbons (Fsp3) is 0.857. The van der Waals surface area contributed by atoms with Gasteiger partial charge in [-0.15, -0.1) is 10.2 Å². The van der Waals surface area contributed by atoms with E-state index in [0.717, 1.165) is 25.4 Å². The predicted octanol–water partition coefficient (Wildman–Crippen LogP) is 3.22. The predicted molar refractivity (Wildman–Crippen MR) is 73.6 cm³/mol. The van der Waals surface area contributed by atoms with Crippen molar-refractivity contribution in [2.24, 2.45) is 0 Å². The Labute approximate surface area is 111 Å². The summed E-state index contributed by atoms with van der Waals surface area (Å²) >= 11 is 0. The van der Waals surface area contributed by atoms with E-state index in [9.17, 15) is 0 Å². The maximum absolute atomic E-state index is 5.07. The van der Waals surface area contributed by atoms with E-state index < -0.39 is 0 Å². The van der Waals surface area contributed by atoms with Crippen molar-refractivity contribution in [2.75, 3.05) is 13.7 Å². The van der Waals surface area contributed by atoms with Gasteiger partial charge < -0.3 is 9.30 Å². The van der Waals surface area contributed by atoms with Crippen molar-refractivity contribution in [3.8, 4) is 0 Å². The number of hydrogen-bond acceptors (Lipinski definition) is 3. The van der Waals surface area contributed by atoms with Crippen molar-refractivity contribution in [3.63, 3.8) is 0 Å². The van der Waals surface area contributed by atoms with E-state index in [1.165, 1.54) is 44.9 Å². The van der Waals surface area contributed by atoms with Crippen LogP contribution in [-0.2, 0) is 17.7 Å². The Morgan fingerprint density at radius 3 is 2.56 bits per heavy atom. The molecule has 0 N–H and O–H groups in total. The minimum Gasteiger partial charge on any atom is -0.383 e. The molecule has 0 unspecified atom stereocenters. The monoisotopic (exact) mass is 253 g/mol. The van der Waals surface area contributed by atoms with Crippen LogP contribution in [0.2, 0.25) is 0 Å². The summed E-state index contributed by atoms with van der Waals surface area (Å²) in [5, 5.41) is 8.15. The summed E-state index contributed by atoms with van der Waals surface area (Å²) < 4.78 is 7.17. The highest BCUT2D eigenvalue weighted by Gasteiger charge is 2.03. The normalized spacial score (nSPS) is 11.0. The van der Waals surface area contributed by atoms with E-state index in [0.29, 0.717) is 0 Å². The Balaban J connectivity index is 2.09. The Hall–Kier alpha value is -0.900. The summed E-state index contributed by atoms with van der Waals surface area (Å²) in [5.41, 5.74) is 0. The van der Waals surface area contributed by atoms with Crippen molar-refractivity contribution < 1.29 is 4.74 Å². The summed E-state index contributed by atoms with van der Waals surface area (Å²) in [5.74, 6) is 1.10. The van der Waals surface area contributed by atoms with E-state index in [4.69, 9.17) is 4.74 Å². The lowest BCUT2D eigenvalue weighted by atomic mass is 10.1. The lowest BCUT2D eigenvalue weighted by molar-refractivity contribution is 0.186. The quantitative estimate of drug-likeness (QED) is 0.568. The van der Waals surface area contributed by atoms with Crippen LogP contribution < -0.4 is 0 Å². The van der Waals surface area contributed by atoms with Crippen molar-refractivity contribution in [2.45, 2.75) is 64.8 Å². The van der Waals surface area contributed by atoms with Crippen molar-refractivity contribution in [1.29, 1.82) is 0 Å². The van der Waals surface area contributed by atoms with Gasteiger partial charge in [-0.3, -0.25) is 0 Å². The third-order valence-electron chi connectivity index (χ3n) is 3.24. The van der Waals surface area contributed by atoms with Gasteiger partial charge >= 0.3 is 0 Å². The maximum atomic E-state index is 5.07. The minimum atomic E-state index is 0.724. The topological polar surface area (TPSA) is 39.9 Å². The zero-order valence-electron chi connectivity index (χ0n) is 11.9. The van der Waals surface area contributed by atoms with Crippen LogP contribution in [0.1, 0.15) is 57.7 Å². The highest BCUT2D eigenvalue weighted by Crippen LogP contribution is 2.09. The van der Waals surface area contributed by atoms with E-state index in [1.807, 2.05) is 0 Å². The van der Waals surface area contributed by atoms with Crippen LogP contribution in [0.25, 0.3) is 0 Å². The van der Waals surface area contributed by atoms with Gasteiger partial charge in [0, 0.05) is 20.1 Å². The summed E-state index contributed by atoms with van der Waals surface area (Å²) in [6.07, 6.45) is 12.2. The smallest absolute Gasteiger partial charge is 0.132 e. The molecule has 0 aromatic carbocycles. The van der Waals surface area contributed by atoms with Gasteiger partial charge in [-0.25, -0.2) is 0 Å². The minimum absolute atomic E-state index is 0.724. The molecule has 0 aliphatic rings. The van der Waals surface area contributed by atoms with Gasteiger partial charge in [0.2, 0.25) is 0 Å². The van der Waals surface area contributed by atoms with Crippen LogP contribution in [0.5, 0.6) is 0 Å². The van der Waals surface area contributed by atoms with Crippen LogP contribution in [0.3, 0.4) is 0 Å². The Morgan fingerprint density at radius 1 is 1.11 bits per heavy atom. The fourth-order valence-electron chi connectivity index (χ4n) is 2.09. The van der Waals surface area contributed by atoms with Gasteiger partial charge in [0.25, 0.3) is 0 Å². The van der Waals surface area contributed by atoms with Crippen LogP contribution in [0.4, 0.5) is 0 Å². The third-order valence-corrected chi connectivity index (χ3v) is 3.24. The van der Waals surface area contributed by atoms with Gasteiger partial charge in [0.15, 0.2) is 0 Å².